The lowest BCUT2D eigenvalue weighted by atomic mass is 10.0. The van der Waals surface area contributed by atoms with Gasteiger partial charge in [-0.1, -0.05) is 6.07 Å². The van der Waals surface area contributed by atoms with Gasteiger partial charge in [-0.05, 0) is 36.9 Å². The van der Waals surface area contributed by atoms with E-state index in [0.29, 0.717) is 0 Å². The number of rotatable bonds is 0. The highest BCUT2D eigenvalue weighted by Gasteiger charge is 2.03. The van der Waals surface area contributed by atoms with E-state index in [2.05, 4.69) is 11.9 Å². The van der Waals surface area contributed by atoms with Crippen LogP contribution in [0.5, 0.6) is 0 Å². The third kappa shape index (κ3) is 1.15. The van der Waals surface area contributed by atoms with Crippen molar-refractivity contribution in [2.45, 2.75) is 13.8 Å². The van der Waals surface area contributed by atoms with Gasteiger partial charge in [0.05, 0.1) is 0 Å². The van der Waals surface area contributed by atoms with Crippen LogP contribution in [0.25, 0.3) is 10.8 Å². The average Bonchev–Trinajstić information content (AvgIpc) is 2.12. The molecule has 0 aliphatic carbocycles. The Kier molecular flexibility index (Phi) is 1.69. The lowest BCUT2D eigenvalue weighted by Gasteiger charge is -2.06. The molecule has 2 N–H and O–H groups in total. The van der Waals surface area contributed by atoms with E-state index in [1.807, 2.05) is 31.3 Å². The second-order valence-corrected chi connectivity index (χ2v) is 3.29. The third-order valence-electron chi connectivity index (χ3n) is 2.37. The second kappa shape index (κ2) is 2.73. The van der Waals surface area contributed by atoms with Crippen molar-refractivity contribution in [2.24, 2.45) is 0 Å². The van der Waals surface area contributed by atoms with Crippen molar-refractivity contribution in [2.75, 3.05) is 5.73 Å². The highest BCUT2D eigenvalue weighted by Crippen LogP contribution is 2.25. The summed E-state index contributed by atoms with van der Waals surface area (Å²) in [5.74, 6) is 0. The highest BCUT2D eigenvalue weighted by atomic mass is 14.7. The smallest absolute Gasteiger partial charge is 0.0471 e. The number of aryl methyl sites for hydroxylation is 2. The number of nitrogen functional groups attached to an aromatic ring is 1. The molecule has 2 nitrogen and oxygen atoms in total. The lowest BCUT2D eigenvalue weighted by Crippen LogP contribution is -1.92. The van der Waals surface area contributed by atoms with Crippen molar-refractivity contribution >= 4 is 16.5 Å². The molecule has 1 aromatic carbocycles. The van der Waals surface area contributed by atoms with Crippen LogP contribution in [0.2, 0.25) is 0 Å². The van der Waals surface area contributed by atoms with Gasteiger partial charge in [0.15, 0.2) is 0 Å². The minimum Gasteiger partial charge on any atom is -0.398 e. The first-order valence-corrected chi connectivity index (χ1v) is 4.30. The van der Waals surface area contributed by atoms with Crippen LogP contribution in [-0.4, -0.2) is 4.98 Å². The SMILES string of the molecule is Cc1ccc(N)c2c(C)nccc12. The monoisotopic (exact) mass is 172 g/mol. The van der Waals surface area contributed by atoms with Gasteiger partial charge in [0.25, 0.3) is 0 Å². The molecule has 2 rings (SSSR count). The van der Waals surface area contributed by atoms with Crippen LogP contribution >= 0.6 is 0 Å². The molecule has 0 radical (unpaired) electrons. The van der Waals surface area contributed by atoms with Crippen molar-refractivity contribution in [3.63, 3.8) is 0 Å². The van der Waals surface area contributed by atoms with E-state index >= 15 is 0 Å². The molecule has 1 heterocycles. The largest absolute Gasteiger partial charge is 0.398 e. The van der Waals surface area contributed by atoms with Gasteiger partial charge in [0.2, 0.25) is 0 Å². The fourth-order valence-electron chi connectivity index (χ4n) is 1.65. The van der Waals surface area contributed by atoms with E-state index in [1.54, 1.807) is 0 Å². The summed E-state index contributed by atoms with van der Waals surface area (Å²) in [6.07, 6.45) is 1.82. The Morgan fingerprint density at radius 2 is 1.92 bits per heavy atom. The molecule has 0 aliphatic rings. The first-order chi connectivity index (χ1) is 6.20. The molecule has 0 saturated heterocycles. The molecule has 0 unspecified atom stereocenters. The summed E-state index contributed by atoms with van der Waals surface area (Å²) >= 11 is 0. The standard InChI is InChI=1S/C11H12N2/c1-7-3-4-10(12)11-8(2)13-6-5-9(7)11/h3-6H,12H2,1-2H3. The minimum absolute atomic E-state index is 0.811. The number of hydrogen-bond donors (Lipinski definition) is 1. The van der Waals surface area contributed by atoms with Crippen molar-refractivity contribution in [3.8, 4) is 0 Å². The summed E-state index contributed by atoms with van der Waals surface area (Å²) in [4.78, 5) is 4.23. The van der Waals surface area contributed by atoms with Gasteiger partial charge in [-0.25, -0.2) is 0 Å². The number of benzene rings is 1. The van der Waals surface area contributed by atoms with Crippen LogP contribution < -0.4 is 5.73 Å². The molecule has 2 heteroatoms. The van der Waals surface area contributed by atoms with E-state index in [0.717, 1.165) is 16.8 Å². The Labute approximate surface area is 77.4 Å². The zero-order valence-electron chi connectivity index (χ0n) is 7.83. The topological polar surface area (TPSA) is 38.9 Å². The molecule has 0 amide bonds. The maximum Gasteiger partial charge on any atom is 0.0471 e. The second-order valence-electron chi connectivity index (χ2n) is 3.29. The van der Waals surface area contributed by atoms with Gasteiger partial charge in [0, 0.05) is 23.0 Å². The highest BCUT2D eigenvalue weighted by molar-refractivity contribution is 5.96. The van der Waals surface area contributed by atoms with Crippen LogP contribution in [-0.2, 0) is 0 Å². The van der Waals surface area contributed by atoms with E-state index in [9.17, 15) is 0 Å². The molecule has 0 spiro atoms. The van der Waals surface area contributed by atoms with Crippen LogP contribution in [0, 0.1) is 13.8 Å². The van der Waals surface area contributed by atoms with Crippen molar-refractivity contribution in [1.29, 1.82) is 0 Å². The lowest BCUT2D eigenvalue weighted by molar-refractivity contribution is 1.23. The van der Waals surface area contributed by atoms with Gasteiger partial charge in [-0.15, -0.1) is 0 Å². The van der Waals surface area contributed by atoms with Crippen molar-refractivity contribution < 1.29 is 0 Å². The van der Waals surface area contributed by atoms with Crippen LogP contribution in [0.1, 0.15) is 11.3 Å². The zero-order valence-corrected chi connectivity index (χ0v) is 7.83. The van der Waals surface area contributed by atoms with Crippen LogP contribution in [0.4, 0.5) is 5.69 Å². The number of pyridine rings is 1. The predicted molar refractivity (Wildman–Crippen MR) is 55.6 cm³/mol. The molecule has 0 aliphatic heterocycles. The molecule has 13 heavy (non-hydrogen) atoms. The molecular formula is C11H12N2. The first-order valence-electron chi connectivity index (χ1n) is 4.30. The Balaban J connectivity index is 3.00. The summed E-state index contributed by atoms with van der Waals surface area (Å²) in [5, 5.41) is 2.29. The fourth-order valence-corrected chi connectivity index (χ4v) is 1.65. The Morgan fingerprint density at radius 1 is 1.15 bits per heavy atom. The molecule has 0 saturated carbocycles. The molecular weight excluding hydrogens is 160 g/mol. The van der Waals surface area contributed by atoms with E-state index in [-0.39, 0.29) is 0 Å². The molecule has 0 fully saturated rings. The quantitative estimate of drug-likeness (QED) is 0.620. The zero-order chi connectivity index (χ0) is 9.42. The average molecular weight is 172 g/mol. The summed E-state index contributed by atoms with van der Waals surface area (Å²) in [6, 6.07) is 5.98. The van der Waals surface area contributed by atoms with Crippen molar-refractivity contribution in [3.05, 3.63) is 35.7 Å². The van der Waals surface area contributed by atoms with Gasteiger partial charge < -0.3 is 5.73 Å². The van der Waals surface area contributed by atoms with Gasteiger partial charge in [0.1, 0.15) is 0 Å². The van der Waals surface area contributed by atoms with E-state index in [1.165, 1.54) is 10.9 Å². The number of aromatic nitrogens is 1. The van der Waals surface area contributed by atoms with Gasteiger partial charge in [-0.2, -0.15) is 0 Å². The number of hydrogen-bond acceptors (Lipinski definition) is 2. The minimum atomic E-state index is 0.811. The maximum absolute atomic E-state index is 5.89. The predicted octanol–water partition coefficient (Wildman–Crippen LogP) is 2.43. The normalized spacial score (nSPS) is 10.6. The Bertz CT molecular complexity index is 453. The fraction of sp³-hybridized carbons (Fsp3) is 0.182. The number of fused-ring (bicyclic) bond motifs is 1. The van der Waals surface area contributed by atoms with Gasteiger partial charge in [-0.3, -0.25) is 4.98 Å². The number of nitrogens with zero attached hydrogens (tertiary/aromatic N) is 1. The third-order valence-corrected chi connectivity index (χ3v) is 2.37. The summed E-state index contributed by atoms with van der Waals surface area (Å²) in [5.41, 5.74) is 8.94. The molecule has 66 valence electrons. The van der Waals surface area contributed by atoms with Crippen LogP contribution in [0.3, 0.4) is 0 Å². The number of nitrogens with two attached hydrogens (primary N) is 1. The van der Waals surface area contributed by atoms with Crippen molar-refractivity contribution in [1.82, 2.24) is 4.98 Å². The summed E-state index contributed by atoms with van der Waals surface area (Å²) in [7, 11) is 0. The van der Waals surface area contributed by atoms with Crippen LogP contribution in [0.15, 0.2) is 24.4 Å². The molecule has 1 aromatic heterocycles. The Hall–Kier alpha value is -1.57. The van der Waals surface area contributed by atoms with E-state index < -0.39 is 0 Å². The summed E-state index contributed by atoms with van der Waals surface area (Å²) < 4.78 is 0. The molecule has 2 aromatic rings. The maximum atomic E-state index is 5.89. The number of anilines is 1. The Morgan fingerprint density at radius 3 is 2.62 bits per heavy atom. The summed E-state index contributed by atoms with van der Waals surface area (Å²) in [6.45, 7) is 4.07. The first kappa shape index (κ1) is 8.05. The van der Waals surface area contributed by atoms with E-state index in [4.69, 9.17) is 5.73 Å². The molecule has 0 bridgehead atoms. The molecule has 0 atom stereocenters. The van der Waals surface area contributed by atoms with Gasteiger partial charge >= 0.3 is 0 Å².